The Morgan fingerprint density at radius 2 is 1.38 bits per heavy atom. The smallest absolute Gasteiger partial charge is 0.349 e. The highest BCUT2D eigenvalue weighted by Crippen LogP contribution is 2.52. The van der Waals surface area contributed by atoms with Crippen molar-refractivity contribution >= 4 is 33.8 Å². The molecule has 3 aromatic carbocycles. The Balaban J connectivity index is 1.87. The van der Waals surface area contributed by atoms with Gasteiger partial charge in [-0.2, -0.15) is 9.10 Å². The van der Waals surface area contributed by atoms with Crippen LogP contribution in [0.25, 0.3) is 5.53 Å². The molecule has 0 unspecified atom stereocenters. The lowest BCUT2D eigenvalue weighted by Gasteiger charge is -2.37. The third kappa shape index (κ3) is 4.63. The zero-order chi connectivity index (χ0) is 24.2. The van der Waals surface area contributed by atoms with Gasteiger partial charge in [0, 0.05) is 11.8 Å². The molecule has 1 fully saturated rings. The first-order valence-electron chi connectivity index (χ1n) is 10.9. The van der Waals surface area contributed by atoms with E-state index < -0.39 is 20.8 Å². The van der Waals surface area contributed by atoms with Crippen molar-refractivity contribution in [3.63, 3.8) is 0 Å². The van der Waals surface area contributed by atoms with Crippen molar-refractivity contribution in [3.8, 4) is 0 Å². The van der Waals surface area contributed by atoms with Crippen molar-refractivity contribution in [1.82, 2.24) is 4.31 Å². The molecule has 34 heavy (non-hydrogen) atoms. The summed E-state index contributed by atoms with van der Waals surface area (Å²) < 4.78 is 25.8. The first-order chi connectivity index (χ1) is 16.4. The van der Waals surface area contributed by atoms with E-state index in [0.717, 1.165) is 22.9 Å². The van der Waals surface area contributed by atoms with Gasteiger partial charge in [0.1, 0.15) is 6.04 Å². The van der Waals surface area contributed by atoms with Crippen LogP contribution in [0.4, 0.5) is 0 Å². The molecular formula is C26H25N3O3S2. The van der Waals surface area contributed by atoms with Gasteiger partial charge in [-0.3, -0.25) is 4.79 Å². The topological polar surface area (TPSA) is 90.9 Å². The van der Waals surface area contributed by atoms with E-state index in [2.05, 4.69) is 41.2 Å². The molecule has 4 rings (SSSR count). The minimum absolute atomic E-state index is 0.169. The molecule has 1 heterocycles. The maximum absolute atomic E-state index is 12.6. The zero-order valence-electron chi connectivity index (χ0n) is 18.7. The third-order valence-electron chi connectivity index (χ3n) is 6.11. The number of hydrogen-bond donors (Lipinski definition) is 0. The largest absolute Gasteiger partial charge is 0.361 e. The van der Waals surface area contributed by atoms with E-state index >= 15 is 0 Å². The van der Waals surface area contributed by atoms with Gasteiger partial charge in [-0.15, -0.1) is 11.8 Å². The van der Waals surface area contributed by atoms with Crippen molar-refractivity contribution in [2.24, 2.45) is 0 Å². The first-order valence-corrected chi connectivity index (χ1v) is 13.6. The second-order valence-corrected chi connectivity index (χ2v) is 11.7. The number of benzene rings is 3. The summed E-state index contributed by atoms with van der Waals surface area (Å²) in [5.74, 6) is 0. The lowest BCUT2D eigenvalue weighted by molar-refractivity contribution is -0.107. The second-order valence-electron chi connectivity index (χ2n) is 8.25. The first kappa shape index (κ1) is 24.1. The molecule has 0 spiro atoms. The van der Waals surface area contributed by atoms with Crippen LogP contribution in [0, 0.1) is 0 Å². The van der Waals surface area contributed by atoms with Crippen molar-refractivity contribution in [1.29, 1.82) is 0 Å². The highest BCUT2D eigenvalue weighted by molar-refractivity contribution is 8.01. The standard InChI is InChI=1S/C26H25N3O3S2/c1-34(31,32)29-18-23(17-25(29)24(19-30)28-27)33-26(20-11-5-2-6-12-20,21-13-7-3-8-14-21)22-15-9-4-10-16-22/h2-16,19,23,25H,17-18H2,1H3/t23-,25+/m1/s1. The van der Waals surface area contributed by atoms with Crippen LogP contribution in [-0.2, 0) is 19.6 Å². The summed E-state index contributed by atoms with van der Waals surface area (Å²) in [7, 11) is -3.63. The summed E-state index contributed by atoms with van der Waals surface area (Å²) in [6, 6.07) is 29.6. The molecule has 0 saturated carbocycles. The van der Waals surface area contributed by atoms with E-state index in [9.17, 15) is 18.7 Å². The molecule has 0 bridgehead atoms. The number of aldehydes is 1. The van der Waals surface area contributed by atoms with Gasteiger partial charge in [-0.25, -0.2) is 8.42 Å². The molecule has 1 aliphatic heterocycles. The van der Waals surface area contributed by atoms with E-state index in [-0.39, 0.29) is 17.5 Å². The number of carbonyl (C=O) groups is 1. The zero-order valence-corrected chi connectivity index (χ0v) is 20.3. The van der Waals surface area contributed by atoms with Crippen LogP contribution < -0.4 is 0 Å². The van der Waals surface area contributed by atoms with Crippen LogP contribution in [0.15, 0.2) is 91.0 Å². The molecule has 3 aromatic rings. The monoisotopic (exact) mass is 491 g/mol. The SMILES string of the molecule is CS(=O)(=O)N1C[C@H](SC(c2ccccc2)(c2ccccc2)c2ccccc2)C[C@H]1C(C=O)=[N+]=[N-]. The lowest BCUT2D eigenvalue weighted by Crippen LogP contribution is -2.41. The van der Waals surface area contributed by atoms with Gasteiger partial charge in [0.25, 0.3) is 0 Å². The summed E-state index contributed by atoms with van der Waals surface area (Å²) in [6.07, 6.45) is 1.89. The fourth-order valence-corrected chi connectivity index (χ4v) is 7.66. The fraction of sp³-hybridized carbons (Fsp3) is 0.231. The van der Waals surface area contributed by atoms with Gasteiger partial charge in [-0.1, -0.05) is 91.0 Å². The van der Waals surface area contributed by atoms with Gasteiger partial charge in [-0.05, 0) is 23.1 Å². The van der Waals surface area contributed by atoms with Crippen molar-refractivity contribution in [3.05, 3.63) is 113 Å². The fourth-order valence-electron chi connectivity index (χ4n) is 4.63. The van der Waals surface area contributed by atoms with Gasteiger partial charge in [0.15, 0.2) is 0 Å². The minimum Gasteiger partial charge on any atom is -0.361 e. The highest BCUT2D eigenvalue weighted by atomic mass is 32.2. The molecular weight excluding hydrogens is 466 g/mol. The maximum atomic E-state index is 12.6. The predicted octanol–water partition coefficient (Wildman–Crippen LogP) is 3.98. The van der Waals surface area contributed by atoms with E-state index in [1.165, 1.54) is 4.31 Å². The normalized spacial score (nSPS) is 18.9. The van der Waals surface area contributed by atoms with E-state index in [1.807, 2.05) is 54.6 Å². The van der Waals surface area contributed by atoms with Crippen molar-refractivity contribution < 1.29 is 18.0 Å². The number of thioether (sulfide) groups is 1. The summed E-state index contributed by atoms with van der Waals surface area (Å²) >= 11 is 1.66. The van der Waals surface area contributed by atoms with Gasteiger partial charge in [0.2, 0.25) is 16.3 Å². The Hall–Kier alpha value is -3.03. The summed E-state index contributed by atoms with van der Waals surface area (Å²) in [5, 5.41) is -0.169. The quantitative estimate of drug-likeness (QED) is 0.157. The summed E-state index contributed by atoms with van der Waals surface area (Å²) in [4.78, 5) is 14.6. The number of rotatable bonds is 8. The molecule has 2 atom stereocenters. The molecule has 0 amide bonds. The average Bonchev–Trinajstić information content (AvgIpc) is 3.29. The summed E-state index contributed by atoms with van der Waals surface area (Å²) in [5.41, 5.74) is 12.4. The van der Waals surface area contributed by atoms with E-state index in [1.54, 1.807) is 11.8 Å². The minimum atomic E-state index is -3.63. The van der Waals surface area contributed by atoms with Crippen LogP contribution in [-0.4, -0.2) is 53.6 Å². The Kier molecular flexibility index (Phi) is 7.14. The molecule has 0 aliphatic carbocycles. The second kappa shape index (κ2) is 10.1. The molecule has 8 heteroatoms. The summed E-state index contributed by atoms with van der Waals surface area (Å²) in [6.45, 7) is 0.204. The van der Waals surface area contributed by atoms with Crippen molar-refractivity contribution in [2.75, 3.05) is 12.8 Å². The number of sulfonamides is 1. The third-order valence-corrected chi connectivity index (χ3v) is 9.10. The Labute approximate surface area is 204 Å². The number of carbonyl (C=O) groups excluding carboxylic acids is 1. The van der Waals surface area contributed by atoms with E-state index in [4.69, 9.17) is 0 Å². The van der Waals surface area contributed by atoms with Gasteiger partial charge >= 0.3 is 5.71 Å². The van der Waals surface area contributed by atoms with Gasteiger partial charge in [0.05, 0.1) is 11.0 Å². The molecule has 6 nitrogen and oxygen atoms in total. The van der Waals surface area contributed by atoms with E-state index in [0.29, 0.717) is 12.7 Å². The molecule has 0 radical (unpaired) electrons. The molecule has 174 valence electrons. The molecule has 1 aliphatic rings. The van der Waals surface area contributed by atoms with Crippen molar-refractivity contribution in [2.45, 2.75) is 22.5 Å². The van der Waals surface area contributed by atoms with Crippen LogP contribution in [0.5, 0.6) is 0 Å². The predicted molar refractivity (Wildman–Crippen MR) is 135 cm³/mol. The molecule has 1 saturated heterocycles. The average molecular weight is 492 g/mol. The van der Waals surface area contributed by atoms with Crippen LogP contribution >= 0.6 is 11.8 Å². The Bertz CT molecular complexity index is 1200. The number of hydrogen-bond acceptors (Lipinski definition) is 4. The highest BCUT2D eigenvalue weighted by Gasteiger charge is 2.48. The molecule has 0 N–H and O–H groups in total. The molecule has 0 aromatic heterocycles. The Morgan fingerprint density at radius 3 is 1.74 bits per heavy atom. The van der Waals surface area contributed by atoms with Crippen LogP contribution in [0.1, 0.15) is 23.1 Å². The lowest BCUT2D eigenvalue weighted by atomic mass is 9.84. The number of nitrogens with zero attached hydrogens (tertiary/aromatic N) is 3. The Morgan fingerprint density at radius 1 is 0.941 bits per heavy atom. The van der Waals surface area contributed by atoms with Gasteiger partial charge < -0.3 is 5.53 Å². The van der Waals surface area contributed by atoms with Crippen LogP contribution in [0.3, 0.4) is 0 Å². The van der Waals surface area contributed by atoms with Crippen LogP contribution in [0.2, 0.25) is 0 Å². The maximum Gasteiger partial charge on any atom is 0.349 e.